The smallest absolute Gasteiger partial charge is 0.434 e. The zero-order valence-corrected chi connectivity index (χ0v) is 15.3. The van der Waals surface area contributed by atoms with E-state index in [1.807, 2.05) is 0 Å². The lowest BCUT2D eigenvalue weighted by molar-refractivity contribution is -0.384. The summed E-state index contributed by atoms with van der Waals surface area (Å²) in [6.45, 7) is 3.35. The number of benzene rings is 1. The second-order valence-electron chi connectivity index (χ2n) is 5.99. The summed E-state index contributed by atoms with van der Waals surface area (Å²) in [4.78, 5) is 45.7. The van der Waals surface area contributed by atoms with Crippen LogP contribution < -0.4 is 10.3 Å². The third kappa shape index (κ3) is 2.96. The number of H-pyrrole nitrogens is 1. The Labute approximate surface area is 161 Å². The fourth-order valence-electron chi connectivity index (χ4n) is 3.04. The van der Waals surface area contributed by atoms with Crippen LogP contribution in [-0.2, 0) is 4.74 Å². The predicted molar refractivity (Wildman–Crippen MR) is 99.5 cm³/mol. The molecule has 0 aliphatic rings. The summed E-state index contributed by atoms with van der Waals surface area (Å²) >= 11 is 0. The number of nitrogens with one attached hydrogen (secondary N) is 1. The monoisotopic (exact) mass is 398 g/mol. The van der Waals surface area contributed by atoms with E-state index in [-0.39, 0.29) is 35.0 Å². The van der Waals surface area contributed by atoms with Crippen molar-refractivity contribution in [3.8, 4) is 11.6 Å². The lowest BCUT2D eigenvalue weighted by Gasteiger charge is -2.08. The molecule has 0 spiro atoms. The Bertz CT molecular complexity index is 1320. The molecule has 148 valence electrons. The minimum absolute atomic E-state index is 0.0280. The summed E-state index contributed by atoms with van der Waals surface area (Å²) in [6.07, 6.45) is 3.53. The molecule has 1 N–H and O–H groups in total. The van der Waals surface area contributed by atoms with Crippen LogP contribution in [0.15, 0.2) is 35.6 Å². The molecule has 0 unspecified atom stereocenters. The zero-order valence-electron chi connectivity index (χ0n) is 15.3. The van der Waals surface area contributed by atoms with Crippen molar-refractivity contribution in [2.45, 2.75) is 13.8 Å². The summed E-state index contributed by atoms with van der Waals surface area (Å²) in [5, 5.41) is 11.6. The van der Waals surface area contributed by atoms with Gasteiger partial charge in [-0.1, -0.05) is 0 Å². The molecule has 4 aromatic rings. The van der Waals surface area contributed by atoms with Crippen LogP contribution in [0.3, 0.4) is 0 Å². The van der Waals surface area contributed by atoms with Crippen LogP contribution in [0.25, 0.3) is 22.4 Å². The van der Waals surface area contributed by atoms with Gasteiger partial charge in [-0.15, -0.1) is 0 Å². The molecule has 12 heteroatoms. The lowest BCUT2D eigenvalue weighted by Crippen LogP contribution is -2.12. The van der Waals surface area contributed by atoms with E-state index in [9.17, 15) is 19.7 Å². The van der Waals surface area contributed by atoms with E-state index in [0.717, 1.165) is 0 Å². The Balaban J connectivity index is 2.02. The van der Waals surface area contributed by atoms with Gasteiger partial charge in [0.05, 0.1) is 34.6 Å². The van der Waals surface area contributed by atoms with Gasteiger partial charge in [0, 0.05) is 18.5 Å². The van der Waals surface area contributed by atoms with Crippen molar-refractivity contribution in [1.29, 1.82) is 0 Å². The van der Waals surface area contributed by atoms with Gasteiger partial charge in [-0.05, 0) is 19.9 Å². The standard InChI is InChI=1S/C17H14N6O6/c1-3-28-17(25)29-16-9(2)22-11-7-12(21-5-4-18-8-21)13(23(26)27)6-10(11)19-15(24)14(22)20-16/h4-8H,3H2,1-2H3,(H,19,24). The van der Waals surface area contributed by atoms with Crippen LogP contribution in [-0.4, -0.2) is 41.6 Å². The van der Waals surface area contributed by atoms with Gasteiger partial charge in [0.1, 0.15) is 5.69 Å². The molecule has 4 rings (SSSR count). The quantitative estimate of drug-likeness (QED) is 0.312. The van der Waals surface area contributed by atoms with Crippen molar-refractivity contribution in [3.63, 3.8) is 0 Å². The molecule has 1 aromatic carbocycles. The van der Waals surface area contributed by atoms with Gasteiger partial charge in [-0.2, -0.15) is 4.98 Å². The topological polar surface area (TPSA) is 147 Å². The minimum Gasteiger partial charge on any atom is -0.434 e. The van der Waals surface area contributed by atoms with Crippen LogP contribution in [0, 0.1) is 17.0 Å². The number of carbonyl (C=O) groups excluding carboxylic acids is 1. The van der Waals surface area contributed by atoms with E-state index in [4.69, 9.17) is 9.47 Å². The molecule has 0 radical (unpaired) electrons. The van der Waals surface area contributed by atoms with Gasteiger partial charge in [0.2, 0.25) is 11.5 Å². The third-order valence-corrected chi connectivity index (χ3v) is 4.27. The van der Waals surface area contributed by atoms with Crippen molar-refractivity contribution in [2.75, 3.05) is 6.61 Å². The van der Waals surface area contributed by atoms with E-state index >= 15 is 0 Å². The average molecular weight is 398 g/mol. The molecule has 0 fully saturated rings. The summed E-state index contributed by atoms with van der Waals surface area (Å²) < 4.78 is 12.8. The normalized spacial score (nSPS) is 11.1. The summed E-state index contributed by atoms with van der Waals surface area (Å²) in [7, 11) is 0. The van der Waals surface area contributed by atoms with Gasteiger partial charge in [-0.25, -0.2) is 9.78 Å². The largest absolute Gasteiger partial charge is 0.515 e. The first kappa shape index (κ1) is 18.2. The number of imidazole rings is 2. The van der Waals surface area contributed by atoms with Crippen molar-refractivity contribution in [3.05, 3.63) is 57.0 Å². The Morgan fingerprint density at radius 2 is 2.17 bits per heavy atom. The molecule has 0 saturated heterocycles. The molecule has 0 bridgehead atoms. The SMILES string of the molecule is CCOC(=O)Oc1nc2c(=O)[nH]c3cc([N+](=O)[O-])c(-n4ccnc4)cc3n2c1C. The Hall–Kier alpha value is -4.22. The molecular formula is C17H14N6O6. The first-order valence-electron chi connectivity index (χ1n) is 8.47. The summed E-state index contributed by atoms with van der Waals surface area (Å²) in [5.74, 6) is -0.0935. The van der Waals surface area contributed by atoms with Crippen molar-refractivity contribution >= 4 is 28.5 Å². The Kier molecular flexibility index (Phi) is 4.22. The number of aromatic nitrogens is 5. The highest BCUT2D eigenvalue weighted by Crippen LogP contribution is 2.30. The van der Waals surface area contributed by atoms with E-state index in [0.29, 0.717) is 11.2 Å². The highest BCUT2D eigenvalue weighted by atomic mass is 16.7. The number of rotatable bonds is 4. The van der Waals surface area contributed by atoms with Gasteiger partial charge >= 0.3 is 6.16 Å². The molecule has 3 aromatic heterocycles. The third-order valence-electron chi connectivity index (χ3n) is 4.27. The van der Waals surface area contributed by atoms with Crippen LogP contribution in [0.2, 0.25) is 0 Å². The molecule has 0 atom stereocenters. The number of ether oxygens (including phenoxy) is 2. The van der Waals surface area contributed by atoms with Crippen molar-refractivity contribution < 1.29 is 19.2 Å². The number of hydrogen-bond donors (Lipinski definition) is 1. The maximum absolute atomic E-state index is 12.5. The second-order valence-corrected chi connectivity index (χ2v) is 5.99. The number of nitrogens with zero attached hydrogens (tertiary/aromatic N) is 5. The Morgan fingerprint density at radius 1 is 1.38 bits per heavy atom. The number of nitro benzene ring substituents is 1. The lowest BCUT2D eigenvalue weighted by atomic mass is 10.2. The van der Waals surface area contributed by atoms with Crippen molar-refractivity contribution in [2.24, 2.45) is 0 Å². The van der Waals surface area contributed by atoms with E-state index in [1.165, 1.54) is 33.6 Å². The van der Waals surface area contributed by atoms with Crippen LogP contribution >= 0.6 is 0 Å². The number of nitro groups is 1. The molecule has 0 aliphatic heterocycles. The highest BCUT2D eigenvalue weighted by Gasteiger charge is 2.22. The second kappa shape index (κ2) is 6.74. The van der Waals surface area contributed by atoms with E-state index < -0.39 is 16.6 Å². The first-order valence-corrected chi connectivity index (χ1v) is 8.47. The molecule has 12 nitrogen and oxygen atoms in total. The minimum atomic E-state index is -0.950. The molecule has 0 aliphatic carbocycles. The maximum Gasteiger partial charge on any atom is 0.515 e. The van der Waals surface area contributed by atoms with Crippen LogP contribution in [0.4, 0.5) is 10.5 Å². The number of hydrogen-bond acceptors (Lipinski definition) is 8. The number of aromatic amines is 1. The van der Waals surface area contributed by atoms with Crippen LogP contribution in [0.5, 0.6) is 5.88 Å². The van der Waals surface area contributed by atoms with Gasteiger partial charge in [-0.3, -0.25) is 19.3 Å². The predicted octanol–water partition coefficient (Wildman–Crippen LogP) is 2.11. The van der Waals surface area contributed by atoms with Crippen molar-refractivity contribution in [1.82, 2.24) is 23.9 Å². The number of aryl methyl sites for hydroxylation is 1. The Morgan fingerprint density at radius 3 is 2.83 bits per heavy atom. The van der Waals surface area contributed by atoms with Gasteiger partial charge < -0.3 is 19.0 Å². The van der Waals surface area contributed by atoms with E-state index in [1.54, 1.807) is 20.0 Å². The molecule has 0 saturated carbocycles. The molecule has 0 amide bonds. The summed E-state index contributed by atoms with van der Waals surface area (Å²) in [6, 6.07) is 2.79. The number of carbonyl (C=O) groups is 1. The summed E-state index contributed by atoms with van der Waals surface area (Å²) in [5.41, 5.74) is 0.415. The van der Waals surface area contributed by atoms with Gasteiger partial charge in [0.15, 0.2) is 0 Å². The van der Waals surface area contributed by atoms with E-state index in [2.05, 4.69) is 15.0 Å². The molecule has 3 heterocycles. The molecular weight excluding hydrogens is 384 g/mol. The highest BCUT2D eigenvalue weighted by molar-refractivity contribution is 5.84. The maximum atomic E-state index is 12.5. The first-order chi connectivity index (χ1) is 13.9. The number of fused-ring (bicyclic) bond motifs is 3. The molecule has 29 heavy (non-hydrogen) atoms. The van der Waals surface area contributed by atoms with Gasteiger partial charge in [0.25, 0.3) is 11.2 Å². The van der Waals surface area contributed by atoms with Crippen LogP contribution in [0.1, 0.15) is 12.6 Å². The zero-order chi connectivity index (χ0) is 20.7. The average Bonchev–Trinajstić information content (AvgIpc) is 3.31. The fraction of sp³-hybridized carbons (Fsp3) is 0.176. The fourth-order valence-corrected chi connectivity index (χ4v) is 3.04.